The summed E-state index contributed by atoms with van der Waals surface area (Å²) in [7, 11) is -0.933. The molecule has 3 rings (SSSR count). The second kappa shape index (κ2) is 11.6. The number of carbonyl (C=O) groups excluding carboxylic acids is 1. The maximum absolute atomic E-state index is 13.3. The van der Waals surface area contributed by atoms with Crippen molar-refractivity contribution in [2.24, 2.45) is 5.10 Å². The van der Waals surface area contributed by atoms with Gasteiger partial charge in [0, 0.05) is 17.1 Å². The van der Waals surface area contributed by atoms with Crippen LogP contribution >= 0.6 is 11.6 Å². The summed E-state index contributed by atoms with van der Waals surface area (Å²) >= 11 is 5.90. The van der Waals surface area contributed by atoms with Crippen molar-refractivity contribution in [3.63, 3.8) is 0 Å². The summed E-state index contributed by atoms with van der Waals surface area (Å²) in [4.78, 5) is 12.7. The molecule has 1 N–H and O–H groups in total. The van der Waals surface area contributed by atoms with Gasteiger partial charge in [-0.1, -0.05) is 41.9 Å². The molecule has 0 atom stereocenters. The average molecular weight is 502 g/mol. The minimum atomic E-state index is -3.98. The van der Waals surface area contributed by atoms with Gasteiger partial charge in [-0.05, 0) is 48.0 Å². The smallest absolute Gasteiger partial charge is 0.255 e. The lowest BCUT2D eigenvalue weighted by molar-refractivity contribution is -0.121. The van der Waals surface area contributed by atoms with Crippen LogP contribution in [0.15, 0.2) is 82.8 Å². The van der Waals surface area contributed by atoms with Crippen molar-refractivity contribution in [3.8, 4) is 11.5 Å². The molecule has 0 fully saturated rings. The zero-order valence-corrected chi connectivity index (χ0v) is 20.2. The zero-order valence-electron chi connectivity index (χ0n) is 18.6. The van der Waals surface area contributed by atoms with Gasteiger partial charge in [-0.3, -0.25) is 4.79 Å². The number of nitrogens with zero attached hydrogens (tertiary/aromatic N) is 2. The van der Waals surface area contributed by atoms with Gasteiger partial charge in [0.1, 0.15) is 11.5 Å². The number of halogens is 1. The number of ether oxygens (including phenoxy) is 2. The highest BCUT2D eigenvalue weighted by Gasteiger charge is 2.27. The first-order chi connectivity index (χ1) is 16.3. The summed E-state index contributed by atoms with van der Waals surface area (Å²) in [5, 5.41) is 4.36. The molecule has 0 heterocycles. The number of benzene rings is 3. The summed E-state index contributed by atoms with van der Waals surface area (Å²) in [6.07, 6.45) is 1.40. The monoisotopic (exact) mass is 501 g/mol. The van der Waals surface area contributed by atoms with Crippen LogP contribution in [0.25, 0.3) is 0 Å². The van der Waals surface area contributed by atoms with Crippen LogP contribution in [0.2, 0.25) is 5.02 Å². The van der Waals surface area contributed by atoms with Crippen molar-refractivity contribution in [2.45, 2.75) is 11.4 Å². The molecule has 0 aliphatic carbocycles. The number of hydrazone groups is 1. The van der Waals surface area contributed by atoms with Crippen molar-refractivity contribution in [1.82, 2.24) is 9.73 Å². The van der Waals surface area contributed by atoms with Crippen molar-refractivity contribution >= 4 is 33.7 Å². The van der Waals surface area contributed by atoms with E-state index in [1.54, 1.807) is 42.5 Å². The average Bonchev–Trinajstić information content (AvgIpc) is 2.84. The van der Waals surface area contributed by atoms with E-state index in [9.17, 15) is 13.2 Å². The highest BCUT2D eigenvalue weighted by molar-refractivity contribution is 7.89. The zero-order chi connectivity index (χ0) is 24.6. The summed E-state index contributed by atoms with van der Waals surface area (Å²) in [6, 6.07) is 19.9. The lowest BCUT2D eigenvalue weighted by Crippen LogP contribution is -2.39. The molecule has 178 valence electrons. The van der Waals surface area contributed by atoms with Gasteiger partial charge in [0.15, 0.2) is 0 Å². The Kier molecular flexibility index (Phi) is 8.64. The highest BCUT2D eigenvalue weighted by Crippen LogP contribution is 2.22. The molecule has 0 aliphatic heterocycles. The number of rotatable bonds is 10. The van der Waals surface area contributed by atoms with Crippen molar-refractivity contribution in [3.05, 3.63) is 88.9 Å². The Hall–Kier alpha value is -3.40. The van der Waals surface area contributed by atoms with Crippen LogP contribution in [-0.4, -0.2) is 45.6 Å². The number of nitrogens with one attached hydrogen (secondary N) is 1. The maximum atomic E-state index is 13.3. The van der Waals surface area contributed by atoms with Gasteiger partial charge in [0.25, 0.3) is 5.91 Å². The predicted molar refractivity (Wildman–Crippen MR) is 131 cm³/mol. The van der Waals surface area contributed by atoms with Crippen LogP contribution in [0.1, 0.15) is 11.1 Å². The summed E-state index contributed by atoms with van der Waals surface area (Å²) < 4.78 is 38.1. The standard InChI is InChI=1S/C24H24ClN3O5S/c1-32-21-10-13-23(33-2)19(14-21)15-26-27-24(29)17-28(16-18-6-4-3-5-7-18)34(30,31)22-11-8-20(25)9-12-22/h3-15H,16-17H2,1-2H3,(H,27,29)/b26-15-. The van der Waals surface area contributed by atoms with Gasteiger partial charge < -0.3 is 9.47 Å². The van der Waals surface area contributed by atoms with Crippen molar-refractivity contribution < 1.29 is 22.7 Å². The normalized spacial score (nSPS) is 11.5. The molecule has 0 saturated heterocycles. The Labute approximate surface area is 203 Å². The van der Waals surface area contributed by atoms with Crippen molar-refractivity contribution in [2.75, 3.05) is 20.8 Å². The third kappa shape index (κ3) is 6.57. The highest BCUT2D eigenvalue weighted by atomic mass is 35.5. The first-order valence-electron chi connectivity index (χ1n) is 10.2. The van der Waals surface area contributed by atoms with E-state index in [0.717, 1.165) is 9.87 Å². The molecule has 0 aliphatic rings. The van der Waals surface area contributed by atoms with Crippen LogP contribution in [0.4, 0.5) is 0 Å². The molecular formula is C24H24ClN3O5S. The third-order valence-corrected chi connectivity index (χ3v) is 6.86. The fourth-order valence-corrected chi connectivity index (χ4v) is 4.59. The number of amides is 1. The van der Waals surface area contributed by atoms with Gasteiger partial charge >= 0.3 is 0 Å². The van der Waals surface area contributed by atoms with Crippen LogP contribution in [0.3, 0.4) is 0 Å². The summed E-state index contributed by atoms with van der Waals surface area (Å²) in [5.74, 6) is 0.526. The Morgan fingerprint density at radius 2 is 1.74 bits per heavy atom. The number of sulfonamides is 1. The van der Waals surface area contributed by atoms with E-state index in [1.807, 2.05) is 6.07 Å². The number of carbonyl (C=O) groups is 1. The minimum Gasteiger partial charge on any atom is -0.497 e. The van der Waals surface area contributed by atoms with E-state index >= 15 is 0 Å². The molecule has 8 nitrogen and oxygen atoms in total. The molecule has 0 bridgehead atoms. The molecule has 0 radical (unpaired) electrons. The van der Waals surface area contributed by atoms with Crippen LogP contribution < -0.4 is 14.9 Å². The van der Waals surface area contributed by atoms with Crippen molar-refractivity contribution in [1.29, 1.82) is 0 Å². The van der Waals surface area contributed by atoms with E-state index in [-0.39, 0.29) is 11.4 Å². The minimum absolute atomic E-state index is 0.00659. The molecular weight excluding hydrogens is 478 g/mol. The largest absolute Gasteiger partial charge is 0.497 e. The molecule has 1 amide bonds. The van der Waals surface area contributed by atoms with Gasteiger partial charge in [0.05, 0.1) is 31.9 Å². The van der Waals surface area contributed by atoms with E-state index in [2.05, 4.69) is 10.5 Å². The Morgan fingerprint density at radius 3 is 2.38 bits per heavy atom. The van der Waals surface area contributed by atoms with E-state index in [0.29, 0.717) is 22.1 Å². The van der Waals surface area contributed by atoms with Gasteiger partial charge in [-0.25, -0.2) is 13.8 Å². The van der Waals surface area contributed by atoms with Crippen LogP contribution in [-0.2, 0) is 21.4 Å². The maximum Gasteiger partial charge on any atom is 0.255 e. The van der Waals surface area contributed by atoms with Gasteiger partial charge in [0.2, 0.25) is 10.0 Å². The molecule has 0 saturated carbocycles. The summed E-state index contributed by atoms with van der Waals surface area (Å²) in [6.45, 7) is -0.431. The lowest BCUT2D eigenvalue weighted by atomic mass is 10.2. The molecule has 0 unspecified atom stereocenters. The molecule has 3 aromatic carbocycles. The lowest BCUT2D eigenvalue weighted by Gasteiger charge is -2.21. The second-order valence-electron chi connectivity index (χ2n) is 7.11. The van der Waals surface area contributed by atoms with Crippen LogP contribution in [0, 0.1) is 0 Å². The number of methoxy groups -OCH3 is 2. The SMILES string of the molecule is COc1ccc(OC)c(/C=N\NC(=O)CN(Cc2ccccc2)S(=O)(=O)c2ccc(Cl)cc2)c1. The molecule has 10 heteroatoms. The fourth-order valence-electron chi connectivity index (χ4n) is 3.08. The third-order valence-electron chi connectivity index (χ3n) is 4.80. The number of hydrogen-bond acceptors (Lipinski definition) is 6. The number of hydrogen-bond donors (Lipinski definition) is 1. The molecule has 3 aromatic rings. The Bertz CT molecular complexity index is 1250. The first kappa shape index (κ1) is 25.2. The summed E-state index contributed by atoms with van der Waals surface area (Å²) in [5.41, 5.74) is 3.69. The second-order valence-corrected chi connectivity index (χ2v) is 9.49. The topological polar surface area (TPSA) is 97.3 Å². The predicted octanol–water partition coefficient (Wildman–Crippen LogP) is 3.70. The quantitative estimate of drug-likeness (QED) is 0.337. The fraction of sp³-hybridized carbons (Fsp3) is 0.167. The van der Waals surface area contributed by atoms with Gasteiger partial charge in [-0.15, -0.1) is 0 Å². The molecule has 0 spiro atoms. The van der Waals surface area contributed by atoms with Gasteiger partial charge in [-0.2, -0.15) is 9.41 Å². The Morgan fingerprint density at radius 1 is 1.03 bits per heavy atom. The molecule has 0 aromatic heterocycles. The molecule has 34 heavy (non-hydrogen) atoms. The van der Waals surface area contributed by atoms with E-state index in [4.69, 9.17) is 21.1 Å². The Balaban J connectivity index is 1.79. The first-order valence-corrected chi connectivity index (χ1v) is 12.0. The van der Waals surface area contributed by atoms with E-state index < -0.39 is 22.5 Å². The van der Waals surface area contributed by atoms with E-state index in [1.165, 1.54) is 44.7 Å². The van der Waals surface area contributed by atoms with Crippen LogP contribution in [0.5, 0.6) is 11.5 Å².